The summed E-state index contributed by atoms with van der Waals surface area (Å²) in [6, 6.07) is -0.0593. The molecule has 0 amide bonds. The number of ether oxygens (including phenoxy) is 2. The summed E-state index contributed by atoms with van der Waals surface area (Å²) in [5, 5.41) is 0. The van der Waals surface area contributed by atoms with E-state index in [0.29, 0.717) is 0 Å². The van der Waals surface area contributed by atoms with Crippen molar-refractivity contribution in [1.29, 1.82) is 0 Å². The van der Waals surface area contributed by atoms with Crippen molar-refractivity contribution in [3.05, 3.63) is 0 Å². The second kappa shape index (κ2) is 6.70. The number of carbonyl (C=O) groups is 1. The number of methoxy groups -OCH3 is 1. The summed E-state index contributed by atoms with van der Waals surface area (Å²) in [5.74, 6) is -0.485. The summed E-state index contributed by atoms with van der Waals surface area (Å²) >= 11 is 0. The van der Waals surface area contributed by atoms with Gasteiger partial charge in [0.1, 0.15) is 0 Å². The smallest absolute Gasteiger partial charge is 0.468 e. The molecule has 7 heteroatoms. The lowest BCUT2D eigenvalue weighted by atomic mass is 10.3. The van der Waals surface area contributed by atoms with Gasteiger partial charge in [0.2, 0.25) is 0 Å². The molecule has 0 aliphatic heterocycles. The van der Waals surface area contributed by atoms with Gasteiger partial charge in [0, 0.05) is 12.6 Å². The summed E-state index contributed by atoms with van der Waals surface area (Å²) in [6.45, 7) is 3.02. The quantitative estimate of drug-likeness (QED) is 0.661. The van der Waals surface area contributed by atoms with Crippen LogP contribution in [0.2, 0.25) is 0 Å². The molecule has 0 aromatic carbocycles. The number of carbonyl (C=O) groups excluding carboxylic acids is 1. The molecule has 96 valence electrons. The van der Waals surface area contributed by atoms with Gasteiger partial charge >= 0.3 is 12.3 Å². The number of halogens is 3. The first-order chi connectivity index (χ1) is 7.26. The van der Waals surface area contributed by atoms with E-state index in [0.717, 1.165) is 0 Å². The van der Waals surface area contributed by atoms with Gasteiger partial charge in [-0.1, -0.05) is 0 Å². The fourth-order valence-corrected chi connectivity index (χ4v) is 1.03. The second-order valence-corrected chi connectivity index (χ2v) is 3.43. The molecule has 0 saturated heterocycles. The average Bonchev–Trinajstić information content (AvgIpc) is 2.13. The topological polar surface area (TPSA) is 38.8 Å². The van der Waals surface area contributed by atoms with Crippen LogP contribution in [0.15, 0.2) is 0 Å². The zero-order valence-electron chi connectivity index (χ0n) is 9.50. The SMILES string of the molecule is COC(=O)CN(CCOC(F)(F)F)C(C)C. The Morgan fingerprint density at radius 1 is 1.38 bits per heavy atom. The highest BCUT2D eigenvalue weighted by Crippen LogP contribution is 2.15. The lowest BCUT2D eigenvalue weighted by molar-refractivity contribution is -0.325. The van der Waals surface area contributed by atoms with Gasteiger partial charge in [-0.15, -0.1) is 13.2 Å². The standard InChI is InChI=1S/C9H16F3NO3/c1-7(2)13(6-8(14)15-3)4-5-16-9(10,11)12/h7H,4-6H2,1-3H3. The molecule has 0 rings (SSSR count). The van der Waals surface area contributed by atoms with Gasteiger partial charge in [0.05, 0.1) is 20.3 Å². The van der Waals surface area contributed by atoms with Crippen LogP contribution in [0.4, 0.5) is 13.2 Å². The Morgan fingerprint density at radius 3 is 2.31 bits per heavy atom. The van der Waals surface area contributed by atoms with E-state index in [1.807, 2.05) is 0 Å². The fourth-order valence-electron chi connectivity index (χ4n) is 1.03. The maximum Gasteiger partial charge on any atom is 0.522 e. The van der Waals surface area contributed by atoms with E-state index in [1.54, 1.807) is 13.8 Å². The molecule has 0 bridgehead atoms. The van der Waals surface area contributed by atoms with Crippen LogP contribution >= 0.6 is 0 Å². The van der Waals surface area contributed by atoms with E-state index in [1.165, 1.54) is 12.0 Å². The van der Waals surface area contributed by atoms with Crippen molar-refractivity contribution >= 4 is 5.97 Å². The summed E-state index contributed by atoms with van der Waals surface area (Å²) in [4.78, 5) is 12.5. The number of hydrogen-bond donors (Lipinski definition) is 0. The molecule has 0 N–H and O–H groups in total. The maximum atomic E-state index is 11.7. The molecule has 0 heterocycles. The first kappa shape index (κ1) is 15.2. The third kappa shape index (κ3) is 7.47. The van der Waals surface area contributed by atoms with E-state index in [-0.39, 0.29) is 19.1 Å². The van der Waals surface area contributed by atoms with Gasteiger partial charge in [0.15, 0.2) is 0 Å². The molecule has 0 aromatic heterocycles. The van der Waals surface area contributed by atoms with E-state index < -0.39 is 18.9 Å². The first-order valence-corrected chi connectivity index (χ1v) is 4.78. The Kier molecular flexibility index (Phi) is 6.35. The van der Waals surface area contributed by atoms with Gasteiger partial charge in [-0.2, -0.15) is 0 Å². The molecule has 0 saturated carbocycles. The Bertz CT molecular complexity index is 219. The van der Waals surface area contributed by atoms with E-state index in [2.05, 4.69) is 9.47 Å². The molecule has 0 atom stereocenters. The Hall–Kier alpha value is -0.820. The predicted molar refractivity (Wildman–Crippen MR) is 50.7 cm³/mol. The highest BCUT2D eigenvalue weighted by Gasteiger charge is 2.29. The van der Waals surface area contributed by atoms with Crippen LogP contribution in [0.3, 0.4) is 0 Å². The van der Waals surface area contributed by atoms with Crippen molar-refractivity contribution in [3.8, 4) is 0 Å². The zero-order chi connectivity index (χ0) is 12.8. The number of esters is 1. The summed E-state index contributed by atoms with van der Waals surface area (Å²) in [6.07, 6.45) is -4.63. The van der Waals surface area contributed by atoms with Crippen LogP contribution in [0.25, 0.3) is 0 Å². The van der Waals surface area contributed by atoms with Gasteiger partial charge in [-0.25, -0.2) is 0 Å². The minimum absolute atomic E-state index is 0.0201. The minimum Gasteiger partial charge on any atom is -0.468 e. The fraction of sp³-hybridized carbons (Fsp3) is 0.889. The van der Waals surface area contributed by atoms with E-state index in [4.69, 9.17) is 0 Å². The molecule has 0 fully saturated rings. The predicted octanol–water partition coefficient (Wildman–Crippen LogP) is 1.41. The van der Waals surface area contributed by atoms with Gasteiger partial charge in [0.25, 0.3) is 0 Å². The Balaban J connectivity index is 4.00. The van der Waals surface area contributed by atoms with Crippen molar-refractivity contribution in [1.82, 2.24) is 4.90 Å². The van der Waals surface area contributed by atoms with Crippen LogP contribution in [0.5, 0.6) is 0 Å². The number of rotatable bonds is 6. The minimum atomic E-state index is -4.63. The third-order valence-electron chi connectivity index (χ3n) is 1.93. The van der Waals surface area contributed by atoms with Gasteiger partial charge in [-0.05, 0) is 13.8 Å². The molecule has 0 aromatic rings. The zero-order valence-corrected chi connectivity index (χ0v) is 9.50. The van der Waals surface area contributed by atoms with E-state index in [9.17, 15) is 18.0 Å². The molecule has 0 unspecified atom stereocenters. The van der Waals surface area contributed by atoms with E-state index >= 15 is 0 Å². The van der Waals surface area contributed by atoms with Crippen molar-refractivity contribution in [2.45, 2.75) is 26.3 Å². The summed E-state index contributed by atoms with van der Waals surface area (Å²) in [5.41, 5.74) is 0. The highest BCUT2D eigenvalue weighted by molar-refractivity contribution is 5.71. The molecule has 0 spiro atoms. The molecule has 16 heavy (non-hydrogen) atoms. The number of nitrogens with zero attached hydrogens (tertiary/aromatic N) is 1. The Morgan fingerprint density at radius 2 is 1.94 bits per heavy atom. The molecule has 4 nitrogen and oxygen atoms in total. The van der Waals surface area contributed by atoms with Crippen LogP contribution < -0.4 is 0 Å². The largest absolute Gasteiger partial charge is 0.522 e. The third-order valence-corrected chi connectivity index (χ3v) is 1.93. The van der Waals surface area contributed by atoms with Crippen molar-refractivity contribution in [2.75, 3.05) is 26.8 Å². The molecule has 0 aliphatic carbocycles. The average molecular weight is 243 g/mol. The number of alkyl halides is 3. The van der Waals surface area contributed by atoms with Crippen LogP contribution in [0, 0.1) is 0 Å². The van der Waals surface area contributed by atoms with Crippen molar-refractivity contribution in [2.24, 2.45) is 0 Å². The Labute approximate surface area is 92.3 Å². The van der Waals surface area contributed by atoms with Crippen LogP contribution in [-0.2, 0) is 14.3 Å². The van der Waals surface area contributed by atoms with Gasteiger partial charge < -0.3 is 4.74 Å². The normalized spacial score (nSPS) is 12.2. The lowest BCUT2D eigenvalue weighted by Gasteiger charge is -2.24. The molecule has 0 aliphatic rings. The maximum absolute atomic E-state index is 11.7. The molecular formula is C9H16F3NO3. The highest BCUT2D eigenvalue weighted by atomic mass is 19.4. The first-order valence-electron chi connectivity index (χ1n) is 4.78. The molecule has 0 radical (unpaired) electrons. The monoisotopic (exact) mass is 243 g/mol. The summed E-state index contributed by atoms with van der Waals surface area (Å²) in [7, 11) is 1.23. The second-order valence-electron chi connectivity index (χ2n) is 3.43. The lowest BCUT2D eigenvalue weighted by Crippen LogP contribution is -2.39. The number of hydrogen-bond acceptors (Lipinski definition) is 4. The van der Waals surface area contributed by atoms with Gasteiger partial charge in [-0.3, -0.25) is 14.4 Å². The van der Waals surface area contributed by atoms with Crippen molar-refractivity contribution in [3.63, 3.8) is 0 Å². The molecular weight excluding hydrogens is 227 g/mol. The van der Waals surface area contributed by atoms with Crippen molar-refractivity contribution < 1.29 is 27.4 Å². The van der Waals surface area contributed by atoms with Crippen LogP contribution in [0.1, 0.15) is 13.8 Å². The summed E-state index contributed by atoms with van der Waals surface area (Å²) < 4.78 is 43.2. The van der Waals surface area contributed by atoms with Crippen LogP contribution in [-0.4, -0.2) is 50.1 Å².